The Labute approximate surface area is 95.8 Å². The first-order valence-corrected chi connectivity index (χ1v) is 5.93. The van der Waals surface area contributed by atoms with Crippen molar-refractivity contribution in [2.24, 2.45) is 5.92 Å². The fraction of sp³-hybridized carbons (Fsp3) is 0.818. The summed E-state index contributed by atoms with van der Waals surface area (Å²) in [5.74, 6) is 0.336. The molecule has 0 radical (unpaired) electrons. The molecular weight excluding hydrogens is 206 g/mol. The van der Waals surface area contributed by atoms with Crippen molar-refractivity contribution in [3.8, 4) is 0 Å². The lowest BCUT2D eigenvalue weighted by molar-refractivity contribution is -0.136. The van der Waals surface area contributed by atoms with Gasteiger partial charge < -0.3 is 15.1 Å². The average molecular weight is 225 g/mol. The Balaban J connectivity index is 1.88. The van der Waals surface area contributed by atoms with Gasteiger partial charge in [0.1, 0.15) is 0 Å². The number of carbonyl (C=O) groups is 2. The molecular formula is C11H19N3O2. The van der Waals surface area contributed by atoms with Gasteiger partial charge in [-0.2, -0.15) is 0 Å². The lowest BCUT2D eigenvalue weighted by Gasteiger charge is -2.29. The Hall–Kier alpha value is -1.10. The van der Waals surface area contributed by atoms with Gasteiger partial charge in [-0.25, -0.2) is 0 Å². The number of hydrogen-bond donors (Lipinski definition) is 1. The van der Waals surface area contributed by atoms with Gasteiger partial charge >= 0.3 is 0 Å². The molecule has 2 fully saturated rings. The molecule has 2 aliphatic heterocycles. The summed E-state index contributed by atoms with van der Waals surface area (Å²) in [5.41, 5.74) is 0. The van der Waals surface area contributed by atoms with Crippen LogP contribution in [0.1, 0.15) is 13.3 Å². The predicted molar refractivity (Wildman–Crippen MR) is 59.8 cm³/mol. The first-order chi connectivity index (χ1) is 7.68. The van der Waals surface area contributed by atoms with Crippen LogP contribution in [0, 0.1) is 5.92 Å². The zero-order valence-electron chi connectivity index (χ0n) is 9.74. The average Bonchev–Trinajstić information content (AvgIpc) is 2.78. The fourth-order valence-corrected chi connectivity index (χ4v) is 2.39. The summed E-state index contributed by atoms with van der Waals surface area (Å²) in [7, 11) is 0. The van der Waals surface area contributed by atoms with Gasteiger partial charge in [-0.05, 0) is 6.42 Å². The maximum atomic E-state index is 12.1. The van der Waals surface area contributed by atoms with Crippen LogP contribution in [0.4, 0.5) is 0 Å². The SMILES string of the molecule is CC(=O)N1CCC(C(=O)N2CCNCC2)C1. The molecule has 5 nitrogen and oxygen atoms in total. The highest BCUT2D eigenvalue weighted by Crippen LogP contribution is 2.18. The van der Waals surface area contributed by atoms with E-state index in [4.69, 9.17) is 0 Å². The molecule has 0 spiro atoms. The molecule has 5 heteroatoms. The van der Waals surface area contributed by atoms with Gasteiger partial charge in [-0.3, -0.25) is 9.59 Å². The molecule has 90 valence electrons. The molecule has 0 aliphatic carbocycles. The van der Waals surface area contributed by atoms with Crippen molar-refractivity contribution in [3.63, 3.8) is 0 Å². The van der Waals surface area contributed by atoms with Crippen LogP contribution in [-0.2, 0) is 9.59 Å². The van der Waals surface area contributed by atoms with Crippen molar-refractivity contribution < 1.29 is 9.59 Å². The lowest BCUT2D eigenvalue weighted by Crippen LogP contribution is -2.48. The van der Waals surface area contributed by atoms with Gasteiger partial charge in [0, 0.05) is 46.2 Å². The van der Waals surface area contributed by atoms with Gasteiger partial charge in [0.05, 0.1) is 5.92 Å². The minimum absolute atomic E-state index is 0.0296. The third kappa shape index (κ3) is 2.35. The van der Waals surface area contributed by atoms with Crippen molar-refractivity contribution in [3.05, 3.63) is 0 Å². The first kappa shape index (κ1) is 11.4. The third-order valence-corrected chi connectivity index (χ3v) is 3.41. The van der Waals surface area contributed by atoms with E-state index >= 15 is 0 Å². The smallest absolute Gasteiger partial charge is 0.227 e. The molecule has 2 amide bonds. The Morgan fingerprint density at radius 3 is 2.38 bits per heavy atom. The normalized spacial score (nSPS) is 25.9. The summed E-state index contributed by atoms with van der Waals surface area (Å²) in [6, 6.07) is 0. The van der Waals surface area contributed by atoms with Crippen molar-refractivity contribution in [1.29, 1.82) is 0 Å². The Morgan fingerprint density at radius 1 is 1.12 bits per heavy atom. The van der Waals surface area contributed by atoms with E-state index in [1.165, 1.54) is 0 Å². The molecule has 2 heterocycles. The highest BCUT2D eigenvalue weighted by atomic mass is 16.2. The second-order valence-electron chi connectivity index (χ2n) is 4.53. The van der Waals surface area contributed by atoms with Crippen molar-refractivity contribution in [1.82, 2.24) is 15.1 Å². The molecule has 1 unspecified atom stereocenters. The van der Waals surface area contributed by atoms with Gasteiger partial charge in [-0.15, -0.1) is 0 Å². The Bertz CT molecular complexity index is 287. The highest BCUT2D eigenvalue weighted by Gasteiger charge is 2.32. The van der Waals surface area contributed by atoms with Gasteiger partial charge in [0.25, 0.3) is 0 Å². The van der Waals surface area contributed by atoms with Crippen LogP contribution in [0.25, 0.3) is 0 Å². The van der Waals surface area contributed by atoms with Crippen LogP contribution in [0.2, 0.25) is 0 Å². The third-order valence-electron chi connectivity index (χ3n) is 3.41. The van der Waals surface area contributed by atoms with Crippen LogP contribution in [0.15, 0.2) is 0 Å². The number of piperazine rings is 1. The number of nitrogens with zero attached hydrogens (tertiary/aromatic N) is 2. The van der Waals surface area contributed by atoms with Gasteiger partial charge in [-0.1, -0.05) is 0 Å². The number of amides is 2. The fourth-order valence-electron chi connectivity index (χ4n) is 2.39. The maximum absolute atomic E-state index is 12.1. The molecule has 0 aromatic rings. The molecule has 2 rings (SSSR count). The largest absolute Gasteiger partial charge is 0.342 e. The molecule has 0 aromatic heterocycles. The molecule has 2 saturated heterocycles. The number of hydrogen-bond acceptors (Lipinski definition) is 3. The summed E-state index contributed by atoms with van der Waals surface area (Å²) in [6.45, 7) is 6.28. The minimum Gasteiger partial charge on any atom is -0.342 e. The van der Waals surface area contributed by atoms with E-state index in [1.54, 1.807) is 11.8 Å². The minimum atomic E-state index is 0.0296. The van der Waals surface area contributed by atoms with Crippen molar-refractivity contribution in [2.45, 2.75) is 13.3 Å². The number of nitrogens with one attached hydrogen (secondary N) is 1. The summed E-state index contributed by atoms with van der Waals surface area (Å²) < 4.78 is 0. The van der Waals surface area contributed by atoms with E-state index in [0.717, 1.165) is 39.1 Å². The molecule has 0 saturated carbocycles. The van der Waals surface area contributed by atoms with Crippen LogP contribution in [0.3, 0.4) is 0 Å². The van der Waals surface area contributed by atoms with E-state index in [1.807, 2.05) is 4.90 Å². The zero-order valence-corrected chi connectivity index (χ0v) is 9.74. The van der Waals surface area contributed by atoms with E-state index in [-0.39, 0.29) is 17.7 Å². The second kappa shape index (κ2) is 4.82. The first-order valence-electron chi connectivity index (χ1n) is 5.93. The standard InChI is InChI=1S/C11H19N3O2/c1-9(15)14-5-2-10(8-14)11(16)13-6-3-12-4-7-13/h10,12H,2-8H2,1H3. The predicted octanol–water partition coefficient (Wildman–Crippen LogP) is -0.713. The summed E-state index contributed by atoms with van der Waals surface area (Å²) >= 11 is 0. The van der Waals surface area contributed by atoms with Crippen molar-refractivity contribution in [2.75, 3.05) is 39.3 Å². The lowest BCUT2D eigenvalue weighted by atomic mass is 10.1. The maximum Gasteiger partial charge on any atom is 0.227 e. The van der Waals surface area contributed by atoms with Crippen LogP contribution in [-0.4, -0.2) is 60.9 Å². The van der Waals surface area contributed by atoms with Crippen molar-refractivity contribution >= 4 is 11.8 Å². The van der Waals surface area contributed by atoms with E-state index in [0.29, 0.717) is 6.54 Å². The Morgan fingerprint density at radius 2 is 1.81 bits per heavy atom. The van der Waals surface area contributed by atoms with E-state index < -0.39 is 0 Å². The molecule has 1 atom stereocenters. The zero-order chi connectivity index (χ0) is 11.5. The number of carbonyl (C=O) groups excluding carboxylic acids is 2. The summed E-state index contributed by atoms with van der Waals surface area (Å²) in [6.07, 6.45) is 0.822. The van der Waals surface area contributed by atoms with Crippen LogP contribution in [0.5, 0.6) is 0 Å². The van der Waals surface area contributed by atoms with Gasteiger partial charge in [0.15, 0.2) is 0 Å². The quantitative estimate of drug-likeness (QED) is 0.641. The van der Waals surface area contributed by atoms with Crippen LogP contribution < -0.4 is 5.32 Å². The molecule has 0 bridgehead atoms. The monoisotopic (exact) mass is 225 g/mol. The van der Waals surface area contributed by atoms with Gasteiger partial charge in [0.2, 0.25) is 11.8 Å². The summed E-state index contributed by atoms with van der Waals surface area (Å²) in [4.78, 5) is 27.0. The number of rotatable bonds is 1. The summed E-state index contributed by atoms with van der Waals surface area (Å²) in [5, 5.41) is 3.23. The molecule has 2 aliphatic rings. The Kier molecular flexibility index (Phi) is 3.43. The molecule has 16 heavy (non-hydrogen) atoms. The second-order valence-corrected chi connectivity index (χ2v) is 4.53. The van der Waals surface area contributed by atoms with E-state index in [2.05, 4.69) is 5.32 Å². The number of likely N-dealkylation sites (tertiary alicyclic amines) is 1. The topological polar surface area (TPSA) is 52.7 Å². The van der Waals surface area contributed by atoms with Crippen LogP contribution >= 0.6 is 0 Å². The molecule has 1 N–H and O–H groups in total. The van der Waals surface area contributed by atoms with E-state index in [9.17, 15) is 9.59 Å². The molecule has 0 aromatic carbocycles. The highest BCUT2D eigenvalue weighted by molar-refractivity contribution is 5.81.